The number of anilines is 1. The number of fused-ring (bicyclic) bond motifs is 1. The Morgan fingerprint density at radius 3 is 2.48 bits per heavy atom. The highest BCUT2D eigenvalue weighted by Crippen LogP contribution is 2.24. The summed E-state index contributed by atoms with van der Waals surface area (Å²) in [6.07, 6.45) is 1.92. The molecule has 0 unspecified atom stereocenters. The molecule has 0 aliphatic carbocycles. The number of nitrogens with one attached hydrogen (secondary N) is 1. The number of nitrogens with zero attached hydrogens (tertiary/aromatic N) is 2. The van der Waals surface area contributed by atoms with E-state index >= 15 is 0 Å². The van der Waals surface area contributed by atoms with Gasteiger partial charge >= 0.3 is 0 Å². The molecule has 0 saturated heterocycles. The van der Waals surface area contributed by atoms with Crippen molar-refractivity contribution in [3.8, 4) is 11.3 Å². The maximum absolute atomic E-state index is 13.1. The number of carbonyl (C=O) groups excluding carboxylic acids is 1. The molecule has 0 saturated carbocycles. The van der Waals surface area contributed by atoms with E-state index in [1.54, 1.807) is 12.1 Å². The highest BCUT2D eigenvalue weighted by Gasteiger charge is 2.13. The SMILES string of the molecule is NS(=O)(=O)c1ccc(NC(=O)Cc2csc3nc(-c4ccc(F)cc4)cn23)cc1. The number of halogens is 1. The van der Waals surface area contributed by atoms with Gasteiger partial charge in [-0.2, -0.15) is 0 Å². The first-order chi connectivity index (χ1) is 13.8. The molecule has 4 aromatic rings. The fraction of sp³-hybridized carbons (Fsp3) is 0.0526. The Hall–Kier alpha value is -3.08. The van der Waals surface area contributed by atoms with Crippen LogP contribution in [0.3, 0.4) is 0 Å². The molecule has 2 aromatic heterocycles. The summed E-state index contributed by atoms with van der Waals surface area (Å²) in [4.78, 5) is 17.6. The monoisotopic (exact) mass is 430 g/mol. The molecule has 0 aliphatic heterocycles. The molecule has 0 aliphatic rings. The van der Waals surface area contributed by atoms with E-state index in [1.165, 1.54) is 47.7 Å². The van der Waals surface area contributed by atoms with Gasteiger partial charge in [0.25, 0.3) is 0 Å². The van der Waals surface area contributed by atoms with Gasteiger partial charge in [-0.25, -0.2) is 22.9 Å². The van der Waals surface area contributed by atoms with Crippen LogP contribution in [-0.4, -0.2) is 23.7 Å². The normalized spacial score (nSPS) is 11.7. The number of thiazole rings is 1. The third-order valence-electron chi connectivity index (χ3n) is 4.23. The van der Waals surface area contributed by atoms with E-state index in [1.807, 2.05) is 16.0 Å². The highest BCUT2D eigenvalue weighted by atomic mass is 32.2. The van der Waals surface area contributed by atoms with Gasteiger partial charge in [-0.1, -0.05) is 0 Å². The first-order valence-electron chi connectivity index (χ1n) is 8.44. The average molecular weight is 430 g/mol. The van der Waals surface area contributed by atoms with Crippen LogP contribution in [0, 0.1) is 5.82 Å². The number of benzene rings is 2. The number of hydrogen-bond acceptors (Lipinski definition) is 5. The zero-order valence-electron chi connectivity index (χ0n) is 14.9. The third kappa shape index (κ3) is 4.19. The van der Waals surface area contributed by atoms with Crippen LogP contribution >= 0.6 is 11.3 Å². The molecular weight excluding hydrogens is 415 g/mol. The Bertz CT molecular complexity index is 1290. The average Bonchev–Trinajstić information content (AvgIpc) is 3.24. The van der Waals surface area contributed by atoms with E-state index in [0.29, 0.717) is 11.4 Å². The Labute approximate surface area is 169 Å². The second-order valence-corrected chi connectivity index (χ2v) is 8.70. The molecule has 0 fully saturated rings. The lowest BCUT2D eigenvalue weighted by Gasteiger charge is -2.06. The van der Waals surface area contributed by atoms with Crippen LogP contribution in [0.15, 0.2) is 65.0 Å². The second-order valence-electron chi connectivity index (χ2n) is 6.31. The first-order valence-corrected chi connectivity index (χ1v) is 10.9. The predicted octanol–water partition coefficient (Wildman–Crippen LogP) is 3.03. The Kier molecular flexibility index (Phi) is 4.91. The van der Waals surface area contributed by atoms with Crippen molar-refractivity contribution in [3.63, 3.8) is 0 Å². The molecule has 2 aromatic carbocycles. The van der Waals surface area contributed by atoms with Crippen molar-refractivity contribution in [1.29, 1.82) is 0 Å². The number of nitrogens with two attached hydrogens (primary N) is 1. The Morgan fingerprint density at radius 2 is 1.83 bits per heavy atom. The number of carbonyl (C=O) groups is 1. The molecule has 0 atom stereocenters. The van der Waals surface area contributed by atoms with Crippen molar-refractivity contribution in [3.05, 3.63) is 71.6 Å². The van der Waals surface area contributed by atoms with Crippen molar-refractivity contribution >= 4 is 37.9 Å². The first kappa shape index (κ1) is 19.2. The van der Waals surface area contributed by atoms with Crippen molar-refractivity contribution in [2.45, 2.75) is 11.3 Å². The molecule has 0 radical (unpaired) electrons. The Balaban J connectivity index is 1.50. The minimum absolute atomic E-state index is 0.0261. The smallest absolute Gasteiger partial charge is 0.238 e. The van der Waals surface area contributed by atoms with Crippen molar-refractivity contribution in [1.82, 2.24) is 9.38 Å². The number of imidazole rings is 1. The maximum atomic E-state index is 13.1. The summed E-state index contributed by atoms with van der Waals surface area (Å²) in [6.45, 7) is 0. The van der Waals surface area contributed by atoms with Crippen molar-refractivity contribution < 1.29 is 17.6 Å². The zero-order chi connectivity index (χ0) is 20.6. The van der Waals surface area contributed by atoms with Crippen molar-refractivity contribution in [2.24, 2.45) is 5.14 Å². The van der Waals surface area contributed by atoms with E-state index in [9.17, 15) is 17.6 Å². The van der Waals surface area contributed by atoms with Crippen LogP contribution in [0.1, 0.15) is 5.69 Å². The zero-order valence-corrected chi connectivity index (χ0v) is 16.5. The number of amides is 1. The fourth-order valence-corrected chi connectivity index (χ4v) is 4.20. The lowest BCUT2D eigenvalue weighted by Crippen LogP contribution is -2.16. The molecule has 29 heavy (non-hydrogen) atoms. The summed E-state index contributed by atoms with van der Waals surface area (Å²) in [5.41, 5.74) is 2.70. The number of primary sulfonamides is 1. The van der Waals surface area contributed by atoms with Crippen LogP contribution < -0.4 is 10.5 Å². The number of rotatable bonds is 5. The van der Waals surface area contributed by atoms with Gasteiger partial charge in [0.15, 0.2) is 4.96 Å². The summed E-state index contributed by atoms with van der Waals surface area (Å²) in [6, 6.07) is 11.7. The molecule has 1 amide bonds. The predicted molar refractivity (Wildman–Crippen MR) is 109 cm³/mol. The summed E-state index contributed by atoms with van der Waals surface area (Å²) >= 11 is 1.40. The standard InChI is InChI=1S/C19H15FN4O3S2/c20-13-3-1-12(2-4-13)17-10-24-15(11-28-19(24)23-17)9-18(25)22-14-5-7-16(8-6-14)29(21,26)27/h1-8,10-11H,9H2,(H,22,25)(H2,21,26,27). The van der Waals surface area contributed by atoms with E-state index in [0.717, 1.165) is 16.2 Å². The van der Waals surface area contributed by atoms with Gasteiger partial charge in [-0.15, -0.1) is 11.3 Å². The molecular formula is C19H15FN4O3S2. The van der Waals surface area contributed by atoms with Gasteiger partial charge in [-0.05, 0) is 48.5 Å². The van der Waals surface area contributed by atoms with E-state index in [2.05, 4.69) is 10.3 Å². The van der Waals surface area contributed by atoms with Gasteiger partial charge < -0.3 is 5.32 Å². The molecule has 3 N–H and O–H groups in total. The van der Waals surface area contributed by atoms with Crippen LogP contribution in [0.25, 0.3) is 16.2 Å². The van der Waals surface area contributed by atoms with Gasteiger partial charge in [0.1, 0.15) is 5.82 Å². The lowest BCUT2D eigenvalue weighted by atomic mass is 10.2. The van der Waals surface area contributed by atoms with Gasteiger partial charge in [-0.3, -0.25) is 9.20 Å². The van der Waals surface area contributed by atoms with Crippen molar-refractivity contribution in [2.75, 3.05) is 5.32 Å². The summed E-state index contributed by atoms with van der Waals surface area (Å²) in [5, 5.41) is 9.63. The number of hydrogen-bond donors (Lipinski definition) is 2. The van der Waals surface area contributed by atoms with E-state index in [-0.39, 0.29) is 23.0 Å². The molecule has 10 heteroatoms. The van der Waals surface area contributed by atoms with Gasteiger partial charge in [0.05, 0.1) is 17.0 Å². The molecule has 0 spiro atoms. The second kappa shape index (κ2) is 7.39. The highest BCUT2D eigenvalue weighted by molar-refractivity contribution is 7.89. The Morgan fingerprint density at radius 1 is 1.14 bits per heavy atom. The quantitative estimate of drug-likeness (QED) is 0.507. The largest absolute Gasteiger partial charge is 0.326 e. The van der Waals surface area contributed by atoms with E-state index in [4.69, 9.17) is 5.14 Å². The molecule has 0 bridgehead atoms. The summed E-state index contributed by atoms with van der Waals surface area (Å²) < 4.78 is 37.5. The number of sulfonamides is 1. The molecule has 4 rings (SSSR count). The minimum atomic E-state index is -3.78. The van der Waals surface area contributed by atoms with Crippen LogP contribution in [0.5, 0.6) is 0 Å². The van der Waals surface area contributed by atoms with E-state index < -0.39 is 10.0 Å². The summed E-state index contributed by atoms with van der Waals surface area (Å²) in [7, 11) is -3.78. The van der Waals surface area contributed by atoms with Gasteiger partial charge in [0, 0.05) is 28.5 Å². The minimum Gasteiger partial charge on any atom is -0.326 e. The number of aromatic nitrogens is 2. The van der Waals surface area contributed by atoms with Crippen LogP contribution in [0.2, 0.25) is 0 Å². The van der Waals surface area contributed by atoms with Crippen LogP contribution in [-0.2, 0) is 21.2 Å². The third-order valence-corrected chi connectivity index (χ3v) is 6.05. The van der Waals surface area contributed by atoms with Crippen LogP contribution in [0.4, 0.5) is 10.1 Å². The lowest BCUT2D eigenvalue weighted by molar-refractivity contribution is -0.115. The molecule has 2 heterocycles. The topological polar surface area (TPSA) is 107 Å². The summed E-state index contributed by atoms with van der Waals surface area (Å²) in [5.74, 6) is -0.575. The molecule has 7 nitrogen and oxygen atoms in total. The van der Waals surface area contributed by atoms with Gasteiger partial charge in [0.2, 0.25) is 15.9 Å². The maximum Gasteiger partial charge on any atom is 0.238 e. The molecule has 148 valence electrons. The fourth-order valence-electron chi connectivity index (χ4n) is 2.81.